The van der Waals surface area contributed by atoms with Crippen LogP contribution < -0.4 is 10.1 Å². The Morgan fingerprint density at radius 3 is 2.56 bits per heavy atom. The Bertz CT molecular complexity index is 348. The van der Waals surface area contributed by atoms with E-state index < -0.39 is 0 Å². The van der Waals surface area contributed by atoms with Crippen LogP contribution in [0.15, 0.2) is 12.1 Å². The highest BCUT2D eigenvalue weighted by Gasteiger charge is 2.10. The fraction of sp³-hybridized carbons (Fsp3) is 0.538. The number of nitrogens with one attached hydrogen (secondary N) is 1. The zero-order chi connectivity index (χ0) is 12.1. The van der Waals surface area contributed by atoms with Crippen LogP contribution >= 0.6 is 0 Å². The number of hydrogen-bond donors (Lipinski definition) is 2. The molecule has 0 unspecified atom stereocenters. The minimum atomic E-state index is 0.00246. The third kappa shape index (κ3) is 2.97. The highest BCUT2D eigenvalue weighted by molar-refractivity contribution is 5.43. The van der Waals surface area contributed by atoms with Crippen molar-refractivity contribution < 1.29 is 9.84 Å². The molecule has 0 bridgehead atoms. The number of methoxy groups -OCH3 is 1. The summed E-state index contributed by atoms with van der Waals surface area (Å²) in [6.45, 7) is 7.04. The number of aryl methyl sites for hydroxylation is 1. The molecule has 0 saturated carbocycles. The van der Waals surface area contributed by atoms with E-state index in [1.807, 2.05) is 0 Å². The van der Waals surface area contributed by atoms with Crippen molar-refractivity contribution in [3.8, 4) is 5.75 Å². The summed E-state index contributed by atoms with van der Waals surface area (Å²) in [4.78, 5) is 0. The zero-order valence-electron chi connectivity index (χ0n) is 10.5. The molecule has 0 heterocycles. The van der Waals surface area contributed by atoms with E-state index in [1.54, 1.807) is 7.11 Å². The van der Waals surface area contributed by atoms with Crippen molar-refractivity contribution in [2.24, 2.45) is 0 Å². The van der Waals surface area contributed by atoms with Gasteiger partial charge in [-0.15, -0.1) is 0 Å². The molecule has 0 atom stereocenters. The normalized spacial score (nSPS) is 10.9. The van der Waals surface area contributed by atoms with Crippen LogP contribution in [0.3, 0.4) is 0 Å². The molecular weight excluding hydrogens is 202 g/mol. The van der Waals surface area contributed by atoms with E-state index in [1.165, 1.54) is 16.7 Å². The van der Waals surface area contributed by atoms with Gasteiger partial charge in [-0.05, 0) is 35.6 Å². The first-order valence-corrected chi connectivity index (χ1v) is 5.59. The lowest BCUT2D eigenvalue weighted by Gasteiger charge is -2.16. The number of aliphatic hydroxyl groups excluding tert-OH is 1. The highest BCUT2D eigenvalue weighted by Crippen LogP contribution is 2.29. The Morgan fingerprint density at radius 2 is 2.06 bits per heavy atom. The summed E-state index contributed by atoms with van der Waals surface area (Å²) in [5.74, 6) is 1.38. The maximum absolute atomic E-state index is 8.76. The molecule has 0 fully saturated rings. The van der Waals surface area contributed by atoms with Crippen molar-refractivity contribution in [1.82, 2.24) is 5.32 Å². The van der Waals surface area contributed by atoms with Gasteiger partial charge in [0.05, 0.1) is 13.8 Å². The molecule has 90 valence electrons. The monoisotopic (exact) mass is 223 g/mol. The second-order valence-electron chi connectivity index (χ2n) is 4.26. The molecular formula is C13H21NO2. The Kier molecular flexibility index (Phi) is 4.77. The molecule has 1 aromatic carbocycles. The van der Waals surface area contributed by atoms with Crippen LogP contribution in [0.2, 0.25) is 0 Å². The van der Waals surface area contributed by atoms with Gasteiger partial charge in [0.2, 0.25) is 0 Å². The summed E-state index contributed by atoms with van der Waals surface area (Å²) in [6, 6.07) is 4.21. The molecule has 1 aromatic rings. The van der Waals surface area contributed by atoms with Gasteiger partial charge >= 0.3 is 0 Å². The summed E-state index contributed by atoms with van der Waals surface area (Å²) >= 11 is 0. The second-order valence-corrected chi connectivity index (χ2v) is 4.26. The predicted molar refractivity (Wildman–Crippen MR) is 65.7 cm³/mol. The molecule has 0 aliphatic rings. The molecule has 2 N–H and O–H groups in total. The van der Waals surface area contributed by atoms with E-state index in [4.69, 9.17) is 9.84 Å². The first-order valence-electron chi connectivity index (χ1n) is 5.59. The predicted octanol–water partition coefficient (Wildman–Crippen LogP) is 2.17. The first kappa shape index (κ1) is 13.0. The van der Waals surface area contributed by atoms with Gasteiger partial charge < -0.3 is 9.84 Å². The molecule has 3 heteroatoms. The molecule has 0 saturated heterocycles. The van der Waals surface area contributed by atoms with E-state index in [9.17, 15) is 0 Å². The van der Waals surface area contributed by atoms with E-state index in [2.05, 4.69) is 38.2 Å². The van der Waals surface area contributed by atoms with Gasteiger partial charge in [-0.2, -0.15) is 0 Å². The van der Waals surface area contributed by atoms with Gasteiger partial charge in [0.1, 0.15) is 5.75 Å². The first-order chi connectivity index (χ1) is 7.60. The topological polar surface area (TPSA) is 41.5 Å². The molecule has 0 amide bonds. The average molecular weight is 223 g/mol. The maximum atomic E-state index is 8.76. The number of ether oxygens (including phenoxy) is 1. The maximum Gasteiger partial charge on any atom is 0.122 e. The summed E-state index contributed by atoms with van der Waals surface area (Å²) < 4.78 is 5.38. The van der Waals surface area contributed by atoms with Gasteiger partial charge in [-0.1, -0.05) is 19.9 Å². The number of rotatable bonds is 5. The smallest absolute Gasteiger partial charge is 0.122 e. The van der Waals surface area contributed by atoms with E-state index in [0.29, 0.717) is 12.5 Å². The van der Waals surface area contributed by atoms with Crippen LogP contribution in [0.5, 0.6) is 5.75 Å². The van der Waals surface area contributed by atoms with Gasteiger partial charge in [-0.25, -0.2) is 0 Å². The van der Waals surface area contributed by atoms with Crippen molar-refractivity contribution in [1.29, 1.82) is 0 Å². The highest BCUT2D eigenvalue weighted by atomic mass is 16.5. The zero-order valence-corrected chi connectivity index (χ0v) is 10.5. The molecule has 0 aliphatic heterocycles. The van der Waals surface area contributed by atoms with Gasteiger partial charge in [0.15, 0.2) is 0 Å². The number of aliphatic hydroxyl groups is 1. The van der Waals surface area contributed by atoms with Crippen LogP contribution in [0.1, 0.15) is 36.5 Å². The van der Waals surface area contributed by atoms with Crippen LogP contribution in [-0.2, 0) is 6.54 Å². The average Bonchev–Trinajstić information content (AvgIpc) is 2.26. The van der Waals surface area contributed by atoms with Crippen LogP contribution in [0.25, 0.3) is 0 Å². The van der Waals surface area contributed by atoms with Gasteiger partial charge in [0, 0.05) is 6.54 Å². The van der Waals surface area contributed by atoms with E-state index in [-0.39, 0.29) is 6.73 Å². The minimum absolute atomic E-state index is 0.00246. The molecule has 16 heavy (non-hydrogen) atoms. The summed E-state index contributed by atoms with van der Waals surface area (Å²) in [5.41, 5.74) is 3.60. The quantitative estimate of drug-likeness (QED) is 0.752. The van der Waals surface area contributed by atoms with Crippen LogP contribution in [0.4, 0.5) is 0 Å². The minimum Gasteiger partial charge on any atom is -0.496 e. The molecule has 3 nitrogen and oxygen atoms in total. The number of hydrogen-bond acceptors (Lipinski definition) is 3. The van der Waals surface area contributed by atoms with Crippen molar-refractivity contribution in [3.63, 3.8) is 0 Å². The lowest BCUT2D eigenvalue weighted by molar-refractivity contribution is 0.259. The van der Waals surface area contributed by atoms with Crippen LogP contribution in [0, 0.1) is 6.92 Å². The van der Waals surface area contributed by atoms with Gasteiger partial charge in [-0.3, -0.25) is 5.32 Å². The third-order valence-electron chi connectivity index (χ3n) is 2.74. The van der Waals surface area contributed by atoms with Crippen molar-refractivity contribution in [3.05, 3.63) is 28.8 Å². The summed E-state index contributed by atoms with van der Waals surface area (Å²) in [5, 5.41) is 11.7. The van der Waals surface area contributed by atoms with Crippen molar-refractivity contribution >= 4 is 0 Å². The Morgan fingerprint density at radius 1 is 1.38 bits per heavy atom. The Hall–Kier alpha value is -1.06. The van der Waals surface area contributed by atoms with E-state index in [0.717, 1.165) is 5.75 Å². The molecule has 0 radical (unpaired) electrons. The van der Waals surface area contributed by atoms with Gasteiger partial charge in [0.25, 0.3) is 0 Å². The lowest BCUT2D eigenvalue weighted by atomic mass is 9.96. The lowest BCUT2D eigenvalue weighted by Crippen LogP contribution is -2.15. The fourth-order valence-electron chi connectivity index (χ4n) is 1.75. The SMILES string of the molecule is COc1cc(C)c(CNCO)cc1C(C)C. The van der Waals surface area contributed by atoms with Crippen LogP contribution in [-0.4, -0.2) is 18.9 Å². The Balaban J connectivity index is 3.06. The van der Waals surface area contributed by atoms with Crippen molar-refractivity contribution in [2.45, 2.75) is 33.2 Å². The summed E-state index contributed by atoms with van der Waals surface area (Å²) in [7, 11) is 1.70. The van der Waals surface area contributed by atoms with E-state index >= 15 is 0 Å². The molecule has 1 rings (SSSR count). The standard InChI is InChI=1S/C13H21NO2/c1-9(2)12-6-11(7-14-8-15)10(3)5-13(12)16-4/h5-6,9,14-15H,7-8H2,1-4H3. The fourth-order valence-corrected chi connectivity index (χ4v) is 1.75. The molecule has 0 aromatic heterocycles. The largest absolute Gasteiger partial charge is 0.496 e. The van der Waals surface area contributed by atoms with Crippen molar-refractivity contribution in [2.75, 3.05) is 13.8 Å². The Labute approximate surface area is 97.4 Å². The summed E-state index contributed by atoms with van der Waals surface area (Å²) in [6.07, 6.45) is 0. The molecule has 0 aliphatic carbocycles. The molecule has 0 spiro atoms. The third-order valence-corrected chi connectivity index (χ3v) is 2.74. The number of benzene rings is 1. The second kappa shape index (κ2) is 5.87.